The SMILES string of the molecule is CC1(C)c2ccccc2-c2cc3c4ccccc4n(-c4cccc(-c5cccc(-c6nc(-c7ccccc7)nc(-c7ccc(-c8ccc9c(c8)C(=O)c8ccccc8C98c9ccccc9-c9cc%10c%11ccccc%11n(-c%11ccccc%11)c%10cc98)cc7)n6)c5)c4)c3cc21. The van der Waals surface area contributed by atoms with Crippen LogP contribution in [0.5, 0.6) is 0 Å². The van der Waals surface area contributed by atoms with Crippen LogP contribution in [-0.2, 0) is 10.8 Å². The summed E-state index contributed by atoms with van der Waals surface area (Å²) in [5, 5.41) is 4.88. The van der Waals surface area contributed by atoms with Gasteiger partial charge >= 0.3 is 0 Å². The molecule has 0 N–H and O–H groups in total. The molecule has 0 aliphatic heterocycles. The number of fused-ring (bicyclic) bond motifs is 18. The van der Waals surface area contributed by atoms with Gasteiger partial charge < -0.3 is 9.13 Å². The fraction of sp³-hybridized carbons (Fsp3) is 0.0465. The number of carbonyl (C=O) groups is 1. The number of nitrogens with zero attached hydrogens (tertiary/aromatic N) is 5. The predicted octanol–water partition coefficient (Wildman–Crippen LogP) is 20.6. The summed E-state index contributed by atoms with van der Waals surface area (Å²) in [7, 11) is 0. The molecule has 1 spiro atoms. The van der Waals surface area contributed by atoms with Gasteiger partial charge in [-0.2, -0.15) is 0 Å². The van der Waals surface area contributed by atoms with E-state index in [2.05, 4.69) is 278 Å². The smallest absolute Gasteiger partial charge is 0.193 e. The molecular weight excluding hydrogens is 1120 g/mol. The molecule has 16 aromatic rings. The van der Waals surface area contributed by atoms with Crippen molar-refractivity contribution >= 4 is 49.4 Å². The van der Waals surface area contributed by atoms with E-state index in [0.717, 1.165) is 78.0 Å². The number of ketones is 1. The van der Waals surface area contributed by atoms with Crippen molar-refractivity contribution in [2.75, 3.05) is 0 Å². The molecule has 3 aromatic heterocycles. The molecule has 3 aliphatic carbocycles. The van der Waals surface area contributed by atoms with Crippen LogP contribution in [0, 0.1) is 0 Å². The lowest BCUT2D eigenvalue weighted by Gasteiger charge is -2.39. The Morgan fingerprint density at radius 3 is 1.38 bits per heavy atom. The highest BCUT2D eigenvalue weighted by Crippen LogP contribution is 2.61. The zero-order valence-electron chi connectivity index (χ0n) is 50.4. The average Bonchev–Trinajstić information content (AvgIpc) is 1.46. The van der Waals surface area contributed by atoms with Crippen molar-refractivity contribution in [3.63, 3.8) is 0 Å². The standard InChI is InChI=1S/C86H55N5O/c1-85(2)71-34-14-9-29-61(71)66-48-68-64-32-13-18-38-78(64)91(79(68)50-75(66)85)60-28-20-24-56(46-60)55-23-19-25-58(45-55)84-88-82(53-21-5-3-6-22-53)87-83(89-84)54-41-39-52(40-42-54)57-43-44-74-70(47-57)81(92)65-33-11-16-36-73(65)86(74)72-35-15-10-30-62(72)67-49-69-63-31-12-17-37-77(63)90(80(69)51-76(67)86)59-26-7-4-8-27-59/h3-51H,1-2H3. The van der Waals surface area contributed by atoms with E-state index in [0.29, 0.717) is 23.0 Å². The van der Waals surface area contributed by atoms with E-state index in [-0.39, 0.29) is 11.2 Å². The molecule has 0 fully saturated rings. The molecule has 0 radical (unpaired) electrons. The van der Waals surface area contributed by atoms with Crippen molar-refractivity contribution in [2.24, 2.45) is 0 Å². The van der Waals surface area contributed by atoms with Crippen LogP contribution in [0.1, 0.15) is 63.1 Å². The Balaban J connectivity index is 0.699. The van der Waals surface area contributed by atoms with Crippen LogP contribution in [0.15, 0.2) is 297 Å². The number of carbonyl (C=O) groups excluding carboxylic acids is 1. The second-order valence-corrected chi connectivity index (χ2v) is 25.4. The summed E-state index contributed by atoms with van der Waals surface area (Å²) in [5.74, 6) is 1.76. The first-order chi connectivity index (χ1) is 45.3. The molecule has 19 rings (SSSR count). The summed E-state index contributed by atoms with van der Waals surface area (Å²) in [4.78, 5) is 30.9. The molecule has 3 heterocycles. The maximum Gasteiger partial charge on any atom is 0.193 e. The van der Waals surface area contributed by atoms with Gasteiger partial charge in [0.25, 0.3) is 0 Å². The number of para-hydroxylation sites is 3. The van der Waals surface area contributed by atoms with E-state index in [1.807, 2.05) is 42.5 Å². The van der Waals surface area contributed by atoms with Gasteiger partial charge in [-0.25, -0.2) is 15.0 Å². The first kappa shape index (κ1) is 52.1. The van der Waals surface area contributed by atoms with Gasteiger partial charge in [-0.05, 0) is 151 Å². The fourth-order valence-electron chi connectivity index (χ4n) is 16.0. The van der Waals surface area contributed by atoms with Crippen molar-refractivity contribution in [1.82, 2.24) is 24.1 Å². The number of rotatable bonds is 7. The van der Waals surface area contributed by atoms with Crippen molar-refractivity contribution in [3.05, 3.63) is 342 Å². The number of benzene rings is 13. The predicted molar refractivity (Wildman–Crippen MR) is 374 cm³/mol. The highest BCUT2D eigenvalue weighted by Gasteiger charge is 2.52. The first-order valence-electron chi connectivity index (χ1n) is 31.6. The summed E-state index contributed by atoms with van der Waals surface area (Å²) in [5.41, 5.74) is 26.1. The second kappa shape index (κ2) is 19.6. The van der Waals surface area contributed by atoms with Crippen LogP contribution in [0.4, 0.5) is 0 Å². The normalized spacial score (nSPS) is 14.8. The van der Waals surface area contributed by atoms with Gasteiger partial charge in [0.05, 0.1) is 27.5 Å². The molecule has 92 heavy (non-hydrogen) atoms. The van der Waals surface area contributed by atoms with Crippen LogP contribution in [0.2, 0.25) is 0 Å². The van der Waals surface area contributed by atoms with Crippen LogP contribution in [0.3, 0.4) is 0 Å². The summed E-state index contributed by atoms with van der Waals surface area (Å²) < 4.78 is 4.83. The van der Waals surface area contributed by atoms with Crippen LogP contribution in [0.25, 0.3) is 134 Å². The average molecular weight is 1170 g/mol. The number of aromatic nitrogens is 5. The summed E-state index contributed by atoms with van der Waals surface area (Å²) in [6, 6.07) is 106. The van der Waals surface area contributed by atoms with Gasteiger partial charge in [-0.15, -0.1) is 0 Å². The third kappa shape index (κ3) is 7.43. The molecule has 1 atom stereocenters. The van der Waals surface area contributed by atoms with E-state index in [1.54, 1.807) is 0 Å². The van der Waals surface area contributed by atoms with Crippen molar-refractivity contribution in [2.45, 2.75) is 24.7 Å². The third-order valence-corrected chi connectivity index (χ3v) is 20.2. The first-order valence-corrected chi connectivity index (χ1v) is 31.6. The molecule has 0 saturated heterocycles. The number of hydrogen-bond acceptors (Lipinski definition) is 4. The highest BCUT2D eigenvalue weighted by molar-refractivity contribution is 6.17. The van der Waals surface area contributed by atoms with E-state index in [1.165, 1.54) is 77.1 Å². The van der Waals surface area contributed by atoms with Crippen LogP contribution >= 0.6 is 0 Å². The van der Waals surface area contributed by atoms with E-state index in [4.69, 9.17) is 15.0 Å². The Morgan fingerprint density at radius 2 is 0.696 bits per heavy atom. The van der Waals surface area contributed by atoms with Gasteiger partial charge in [0.1, 0.15) is 0 Å². The lowest BCUT2D eigenvalue weighted by Crippen LogP contribution is -2.36. The Kier molecular flexibility index (Phi) is 11.1. The van der Waals surface area contributed by atoms with E-state index < -0.39 is 5.41 Å². The van der Waals surface area contributed by atoms with E-state index >= 15 is 4.79 Å². The van der Waals surface area contributed by atoms with Crippen molar-refractivity contribution in [1.29, 1.82) is 0 Å². The maximum atomic E-state index is 15.3. The van der Waals surface area contributed by atoms with Gasteiger partial charge in [0.15, 0.2) is 23.3 Å². The van der Waals surface area contributed by atoms with E-state index in [9.17, 15) is 0 Å². The molecule has 6 heteroatoms. The minimum Gasteiger partial charge on any atom is -0.309 e. The minimum atomic E-state index is -0.767. The summed E-state index contributed by atoms with van der Waals surface area (Å²) in [6.07, 6.45) is 0. The van der Waals surface area contributed by atoms with Gasteiger partial charge in [-0.3, -0.25) is 4.79 Å². The zero-order valence-corrected chi connectivity index (χ0v) is 50.4. The largest absolute Gasteiger partial charge is 0.309 e. The van der Waals surface area contributed by atoms with Crippen LogP contribution in [-0.4, -0.2) is 29.9 Å². The molecule has 13 aromatic carbocycles. The lowest BCUT2D eigenvalue weighted by molar-refractivity contribution is 0.103. The van der Waals surface area contributed by atoms with Gasteiger partial charge in [-0.1, -0.05) is 238 Å². The molecule has 0 saturated carbocycles. The third-order valence-electron chi connectivity index (χ3n) is 20.2. The van der Waals surface area contributed by atoms with Crippen LogP contribution < -0.4 is 0 Å². The molecule has 0 amide bonds. The van der Waals surface area contributed by atoms with Gasteiger partial charge in [0.2, 0.25) is 0 Å². The topological polar surface area (TPSA) is 65.6 Å². The molecular formula is C86H55N5O. The van der Waals surface area contributed by atoms with Gasteiger partial charge in [0, 0.05) is 66.2 Å². The lowest BCUT2D eigenvalue weighted by atomic mass is 9.61. The molecule has 1 unspecified atom stereocenters. The summed E-state index contributed by atoms with van der Waals surface area (Å²) >= 11 is 0. The van der Waals surface area contributed by atoms with Crippen molar-refractivity contribution in [3.8, 4) is 90.0 Å². The molecule has 3 aliphatic rings. The molecule has 0 bridgehead atoms. The molecule has 430 valence electrons. The highest BCUT2D eigenvalue weighted by atomic mass is 16.1. The Bertz CT molecular complexity index is 5820. The monoisotopic (exact) mass is 1170 g/mol. The zero-order chi connectivity index (χ0) is 61.0. The summed E-state index contributed by atoms with van der Waals surface area (Å²) in [6.45, 7) is 4.70. The van der Waals surface area contributed by atoms with Crippen molar-refractivity contribution < 1.29 is 4.79 Å². The Morgan fingerprint density at radius 1 is 0.261 bits per heavy atom. The Hall–Kier alpha value is -11.9. The second-order valence-electron chi connectivity index (χ2n) is 25.4. The number of hydrogen-bond donors (Lipinski definition) is 0. The fourth-order valence-corrected chi connectivity index (χ4v) is 16.0. The minimum absolute atomic E-state index is 0.0231. The Labute approximate surface area is 531 Å². The quantitative estimate of drug-likeness (QED) is 0.159. The molecule has 6 nitrogen and oxygen atoms in total. The maximum absolute atomic E-state index is 15.3.